The lowest BCUT2D eigenvalue weighted by Gasteiger charge is -2.11. The smallest absolute Gasteiger partial charge is 0.227 e. The molecule has 0 fully saturated rings. The number of hydrogen-bond acceptors (Lipinski definition) is 3. The molecule has 1 N–H and O–H groups in total. The molecule has 100 valence electrons. The van der Waals surface area contributed by atoms with E-state index in [0.717, 1.165) is 22.3 Å². The average molecular weight is 339 g/mol. The summed E-state index contributed by atoms with van der Waals surface area (Å²) in [7, 11) is 0. The van der Waals surface area contributed by atoms with Crippen molar-refractivity contribution in [2.24, 2.45) is 5.92 Å². The summed E-state index contributed by atoms with van der Waals surface area (Å²) in [5.41, 5.74) is 1.74. The quantitative estimate of drug-likeness (QED) is 0.855. The number of carbonyl (C=O) groups is 1. The van der Waals surface area contributed by atoms with Crippen molar-refractivity contribution in [2.75, 3.05) is 5.32 Å². The highest BCUT2D eigenvalue weighted by Crippen LogP contribution is 2.19. The second-order valence-corrected chi connectivity index (χ2v) is 6.29. The number of pyridine rings is 1. The molecule has 2 aromatic heterocycles. The van der Waals surface area contributed by atoms with Gasteiger partial charge in [-0.25, -0.2) is 4.98 Å². The van der Waals surface area contributed by atoms with Crippen LogP contribution in [0.15, 0.2) is 34.4 Å². The van der Waals surface area contributed by atoms with Gasteiger partial charge in [-0.3, -0.25) is 4.79 Å². The van der Waals surface area contributed by atoms with E-state index in [2.05, 4.69) is 32.3 Å². The van der Waals surface area contributed by atoms with Crippen molar-refractivity contribution in [3.05, 3.63) is 44.8 Å². The van der Waals surface area contributed by atoms with E-state index < -0.39 is 0 Å². The molecule has 0 spiro atoms. The van der Waals surface area contributed by atoms with Crippen molar-refractivity contribution in [2.45, 2.75) is 20.3 Å². The van der Waals surface area contributed by atoms with Gasteiger partial charge in [0.15, 0.2) is 0 Å². The minimum Gasteiger partial charge on any atom is -0.324 e. The zero-order valence-electron chi connectivity index (χ0n) is 10.8. The molecule has 0 radical (unpaired) electrons. The Labute approximate surface area is 125 Å². The Morgan fingerprint density at radius 1 is 1.58 bits per heavy atom. The van der Waals surface area contributed by atoms with Gasteiger partial charge in [0, 0.05) is 10.8 Å². The van der Waals surface area contributed by atoms with Gasteiger partial charge in [-0.05, 0) is 52.4 Å². The van der Waals surface area contributed by atoms with Crippen LogP contribution in [0.3, 0.4) is 0 Å². The largest absolute Gasteiger partial charge is 0.324 e. The van der Waals surface area contributed by atoms with Gasteiger partial charge in [0.05, 0.1) is 11.9 Å². The zero-order valence-corrected chi connectivity index (χ0v) is 13.2. The summed E-state index contributed by atoms with van der Waals surface area (Å²) >= 11 is 5.02. The number of anilines is 1. The molecule has 1 amide bonds. The number of nitrogens with one attached hydrogen (secondary N) is 1. The van der Waals surface area contributed by atoms with Crippen molar-refractivity contribution in [1.29, 1.82) is 0 Å². The predicted octanol–water partition coefficient (Wildman–Crippen LogP) is 4.03. The van der Waals surface area contributed by atoms with E-state index in [0.29, 0.717) is 0 Å². The number of hydrogen-bond donors (Lipinski definition) is 1. The summed E-state index contributed by atoms with van der Waals surface area (Å²) in [5, 5.41) is 4.93. The molecule has 0 saturated carbocycles. The van der Waals surface area contributed by atoms with E-state index >= 15 is 0 Å². The first-order valence-electron chi connectivity index (χ1n) is 6.01. The van der Waals surface area contributed by atoms with E-state index in [1.165, 1.54) is 4.88 Å². The van der Waals surface area contributed by atoms with Crippen LogP contribution in [-0.2, 0) is 11.2 Å². The van der Waals surface area contributed by atoms with Crippen LogP contribution >= 0.6 is 27.3 Å². The summed E-state index contributed by atoms with van der Waals surface area (Å²) in [6.45, 7) is 3.88. The lowest BCUT2D eigenvalue weighted by molar-refractivity contribution is -0.119. The van der Waals surface area contributed by atoms with Gasteiger partial charge >= 0.3 is 0 Å². The highest BCUT2D eigenvalue weighted by atomic mass is 79.9. The monoisotopic (exact) mass is 338 g/mol. The Hall–Kier alpha value is -1.20. The van der Waals surface area contributed by atoms with Crippen LogP contribution in [0.2, 0.25) is 0 Å². The molecule has 0 saturated heterocycles. The molecule has 19 heavy (non-hydrogen) atoms. The fourth-order valence-corrected chi connectivity index (χ4v) is 2.77. The van der Waals surface area contributed by atoms with E-state index in [1.54, 1.807) is 17.5 Å². The molecular weight excluding hydrogens is 324 g/mol. The molecule has 2 rings (SSSR count). The molecule has 3 nitrogen and oxygen atoms in total. The number of nitrogens with zero attached hydrogens (tertiary/aromatic N) is 1. The van der Waals surface area contributed by atoms with Crippen LogP contribution in [0.5, 0.6) is 0 Å². The van der Waals surface area contributed by atoms with Gasteiger partial charge in [-0.1, -0.05) is 13.0 Å². The summed E-state index contributed by atoms with van der Waals surface area (Å²) in [4.78, 5) is 17.5. The normalized spacial score (nSPS) is 12.2. The summed E-state index contributed by atoms with van der Waals surface area (Å²) in [6, 6.07) is 5.97. The number of amides is 1. The second-order valence-electron chi connectivity index (χ2n) is 4.51. The summed E-state index contributed by atoms with van der Waals surface area (Å²) in [6.07, 6.45) is 2.43. The third kappa shape index (κ3) is 3.88. The molecule has 0 aliphatic carbocycles. The molecule has 0 aliphatic heterocycles. The second kappa shape index (κ2) is 6.30. The van der Waals surface area contributed by atoms with E-state index in [-0.39, 0.29) is 11.8 Å². The number of thiophene rings is 1. The standard InChI is InChI=1S/C14H15BrN2OS/c1-9-6-11(8-16-13(9)15)17-14(18)10(2)7-12-4-3-5-19-12/h3-6,8,10H,7H2,1-2H3,(H,17,18)/t10-/m0/s1. The maximum Gasteiger partial charge on any atom is 0.227 e. The highest BCUT2D eigenvalue weighted by molar-refractivity contribution is 9.10. The molecule has 0 aromatic carbocycles. The molecule has 0 aliphatic rings. The zero-order chi connectivity index (χ0) is 13.8. The van der Waals surface area contributed by atoms with Gasteiger partial charge in [-0.15, -0.1) is 11.3 Å². The van der Waals surface area contributed by atoms with Gasteiger partial charge in [0.1, 0.15) is 4.60 Å². The Bertz CT molecular complexity index is 569. The fraction of sp³-hybridized carbons (Fsp3) is 0.286. The number of halogens is 1. The predicted molar refractivity (Wildman–Crippen MR) is 82.5 cm³/mol. The van der Waals surface area contributed by atoms with Crippen molar-refractivity contribution in [3.8, 4) is 0 Å². The first-order chi connectivity index (χ1) is 9.06. The van der Waals surface area contributed by atoms with Crippen LogP contribution in [0, 0.1) is 12.8 Å². The van der Waals surface area contributed by atoms with E-state index in [4.69, 9.17) is 0 Å². The Kier molecular flexibility index (Phi) is 4.71. The summed E-state index contributed by atoms with van der Waals surface area (Å²) < 4.78 is 0.803. The minimum atomic E-state index is -0.0531. The molecule has 2 heterocycles. The van der Waals surface area contributed by atoms with E-state index in [1.807, 2.05) is 31.4 Å². The van der Waals surface area contributed by atoms with Crippen molar-refractivity contribution < 1.29 is 4.79 Å². The number of carbonyl (C=O) groups excluding carboxylic acids is 1. The van der Waals surface area contributed by atoms with Crippen LogP contribution in [0.1, 0.15) is 17.4 Å². The van der Waals surface area contributed by atoms with Gasteiger partial charge in [0.2, 0.25) is 5.91 Å². The Morgan fingerprint density at radius 2 is 2.37 bits per heavy atom. The molecule has 0 bridgehead atoms. The number of rotatable bonds is 4. The van der Waals surface area contributed by atoms with Crippen LogP contribution in [0.4, 0.5) is 5.69 Å². The minimum absolute atomic E-state index is 0.0249. The van der Waals surface area contributed by atoms with E-state index in [9.17, 15) is 4.79 Å². The number of aromatic nitrogens is 1. The third-order valence-electron chi connectivity index (χ3n) is 2.82. The third-order valence-corrected chi connectivity index (χ3v) is 4.55. The van der Waals surface area contributed by atoms with Gasteiger partial charge in [-0.2, -0.15) is 0 Å². The van der Waals surface area contributed by atoms with Gasteiger partial charge in [0.25, 0.3) is 0 Å². The molecule has 5 heteroatoms. The van der Waals surface area contributed by atoms with Crippen molar-refractivity contribution in [1.82, 2.24) is 4.98 Å². The molecular formula is C14H15BrN2OS. The van der Waals surface area contributed by atoms with Crippen molar-refractivity contribution >= 4 is 38.9 Å². The lowest BCUT2D eigenvalue weighted by atomic mass is 10.1. The highest BCUT2D eigenvalue weighted by Gasteiger charge is 2.14. The van der Waals surface area contributed by atoms with Crippen LogP contribution in [-0.4, -0.2) is 10.9 Å². The SMILES string of the molecule is Cc1cc(NC(=O)[C@@H](C)Cc2cccs2)cnc1Br. The Balaban J connectivity index is 1.98. The first kappa shape index (κ1) is 14.2. The average Bonchev–Trinajstić information content (AvgIpc) is 2.86. The lowest BCUT2D eigenvalue weighted by Crippen LogP contribution is -2.22. The van der Waals surface area contributed by atoms with Crippen LogP contribution < -0.4 is 5.32 Å². The number of aryl methyl sites for hydroxylation is 1. The van der Waals surface area contributed by atoms with Gasteiger partial charge < -0.3 is 5.32 Å². The fourth-order valence-electron chi connectivity index (χ4n) is 1.72. The van der Waals surface area contributed by atoms with Crippen LogP contribution in [0.25, 0.3) is 0 Å². The van der Waals surface area contributed by atoms with Crippen molar-refractivity contribution in [3.63, 3.8) is 0 Å². The first-order valence-corrected chi connectivity index (χ1v) is 7.69. The molecule has 0 unspecified atom stereocenters. The topological polar surface area (TPSA) is 42.0 Å². The molecule has 2 aromatic rings. The maximum absolute atomic E-state index is 12.1. The molecule has 1 atom stereocenters. The maximum atomic E-state index is 12.1. The Morgan fingerprint density at radius 3 is 3.00 bits per heavy atom. The summed E-state index contributed by atoms with van der Waals surface area (Å²) in [5.74, 6) is -0.0282.